The molecule has 0 aromatic carbocycles. The third-order valence-corrected chi connectivity index (χ3v) is 7.27. The van der Waals surface area contributed by atoms with Crippen LogP contribution in [0.2, 0.25) is 0 Å². The number of aliphatic hydroxyl groups excluding tert-OH is 1. The van der Waals surface area contributed by atoms with Gasteiger partial charge in [0.2, 0.25) is 0 Å². The van der Waals surface area contributed by atoms with Crippen molar-refractivity contribution in [1.82, 2.24) is 0 Å². The minimum absolute atomic E-state index is 0.148. The van der Waals surface area contributed by atoms with Crippen LogP contribution in [0.3, 0.4) is 0 Å². The summed E-state index contributed by atoms with van der Waals surface area (Å²) in [6.07, 6.45) is -2.53. The number of rotatable bonds is 6. The number of carbonyl (C=O) groups excluding carboxylic acids is 4. The maximum absolute atomic E-state index is 13.2. The molecular formula is C26H38O10. The lowest BCUT2D eigenvalue weighted by Crippen LogP contribution is -2.60. The molecule has 1 saturated carbocycles. The van der Waals surface area contributed by atoms with Crippen LogP contribution in [0, 0.1) is 17.8 Å². The Labute approximate surface area is 211 Å². The first-order chi connectivity index (χ1) is 16.8. The van der Waals surface area contributed by atoms with Gasteiger partial charge in [-0.05, 0) is 47.0 Å². The molecule has 0 aromatic heterocycles. The Kier molecular flexibility index (Phi) is 9.99. The maximum Gasteiger partial charge on any atom is 0.333 e. The smallest absolute Gasteiger partial charge is 0.333 e. The van der Waals surface area contributed by atoms with Gasteiger partial charge in [0.05, 0.1) is 18.6 Å². The molecule has 36 heavy (non-hydrogen) atoms. The van der Waals surface area contributed by atoms with E-state index < -0.39 is 71.5 Å². The van der Waals surface area contributed by atoms with Crippen LogP contribution < -0.4 is 0 Å². The van der Waals surface area contributed by atoms with Gasteiger partial charge in [-0.1, -0.05) is 19.1 Å². The fourth-order valence-corrected chi connectivity index (χ4v) is 4.58. The molecule has 2 aliphatic rings. The van der Waals surface area contributed by atoms with Crippen LogP contribution in [0.4, 0.5) is 0 Å². The third kappa shape index (κ3) is 6.04. The Morgan fingerprint density at radius 2 is 1.67 bits per heavy atom. The van der Waals surface area contributed by atoms with Gasteiger partial charge in [0.15, 0.2) is 17.5 Å². The van der Waals surface area contributed by atoms with Crippen molar-refractivity contribution < 1.29 is 48.3 Å². The first-order valence-corrected chi connectivity index (χ1v) is 12.1. The van der Waals surface area contributed by atoms with E-state index in [9.17, 15) is 29.4 Å². The lowest BCUT2D eigenvalue weighted by molar-refractivity contribution is -0.195. The normalized spacial score (nSPS) is 36.1. The number of Topliss-reactive ketones (excluding diaryl/α,β-unsaturated/α-hetero) is 1. The van der Waals surface area contributed by atoms with Gasteiger partial charge in [-0.15, -0.1) is 0 Å². The standard InChI is InChI=1S/C26H38O10/c1-8-13(3)23(29)34-20-15(5)10-11-17(27)26(6,32)22(36-24(30)14(4)9-2)21-18(19(20)28)16(12-33-7)25(31)35-21/h8-9,15-16,18-22,28,32H,10-12H2,1-7H3/b13-8-,14-9-/t15-,16+,18?,19+,20-,21?,22-,26+/m1/s1. The molecule has 2 unspecified atom stereocenters. The predicted molar refractivity (Wildman–Crippen MR) is 127 cm³/mol. The third-order valence-electron chi connectivity index (χ3n) is 7.27. The topological polar surface area (TPSA) is 146 Å². The number of allylic oxidation sites excluding steroid dienone is 2. The summed E-state index contributed by atoms with van der Waals surface area (Å²) in [5.74, 6) is -5.52. The molecule has 1 heterocycles. The molecule has 8 atom stereocenters. The number of carbonyl (C=O) groups is 4. The number of ether oxygens (including phenoxy) is 4. The first kappa shape index (κ1) is 29.7. The molecule has 1 aliphatic heterocycles. The highest BCUT2D eigenvalue weighted by Gasteiger charge is 2.60. The number of ketones is 1. The fourth-order valence-electron chi connectivity index (χ4n) is 4.58. The van der Waals surface area contributed by atoms with E-state index in [0.717, 1.165) is 0 Å². The van der Waals surface area contributed by atoms with Crippen molar-refractivity contribution in [3.05, 3.63) is 23.3 Å². The molecule has 2 N–H and O–H groups in total. The number of hydrogen-bond donors (Lipinski definition) is 2. The summed E-state index contributed by atoms with van der Waals surface area (Å²) < 4.78 is 22.0. The Balaban J connectivity index is 2.65. The van der Waals surface area contributed by atoms with Crippen LogP contribution in [0.1, 0.15) is 54.4 Å². The van der Waals surface area contributed by atoms with E-state index in [0.29, 0.717) is 5.57 Å². The average molecular weight is 511 g/mol. The monoisotopic (exact) mass is 510 g/mol. The SMILES string of the molecule is C/C=C(/C)C(=O)O[C@@H]1[C@H](C)CCC(=O)[C@](C)(O)[C@H](OC(=O)/C(C)=C\C)C2OC(=O)[C@@H](COC)C2[C@@H]1O. The van der Waals surface area contributed by atoms with E-state index in [1.807, 2.05) is 0 Å². The second-order valence-electron chi connectivity index (χ2n) is 9.76. The molecule has 2 fully saturated rings. The van der Waals surface area contributed by atoms with E-state index in [-0.39, 0.29) is 25.0 Å². The number of aliphatic hydroxyl groups is 2. The van der Waals surface area contributed by atoms with Gasteiger partial charge in [-0.25, -0.2) is 9.59 Å². The molecule has 202 valence electrons. The van der Waals surface area contributed by atoms with Crippen molar-refractivity contribution >= 4 is 23.7 Å². The van der Waals surface area contributed by atoms with Gasteiger partial charge in [0.25, 0.3) is 0 Å². The molecule has 0 amide bonds. The minimum atomic E-state index is -2.22. The highest BCUT2D eigenvalue weighted by Crippen LogP contribution is 2.42. The van der Waals surface area contributed by atoms with Gasteiger partial charge in [-0.2, -0.15) is 0 Å². The number of esters is 3. The summed E-state index contributed by atoms with van der Waals surface area (Å²) in [7, 11) is 1.37. The average Bonchev–Trinajstić information content (AvgIpc) is 3.16. The van der Waals surface area contributed by atoms with E-state index in [2.05, 4.69) is 0 Å². The van der Waals surface area contributed by atoms with Crippen LogP contribution in [0.15, 0.2) is 23.3 Å². The van der Waals surface area contributed by atoms with Crippen LogP contribution in [0.25, 0.3) is 0 Å². The van der Waals surface area contributed by atoms with Gasteiger partial charge < -0.3 is 29.2 Å². The van der Waals surface area contributed by atoms with Gasteiger partial charge in [0, 0.05) is 30.6 Å². The van der Waals surface area contributed by atoms with Crippen molar-refractivity contribution in [1.29, 1.82) is 0 Å². The van der Waals surface area contributed by atoms with E-state index >= 15 is 0 Å². The van der Waals surface area contributed by atoms with Crippen LogP contribution in [-0.2, 0) is 38.1 Å². The van der Waals surface area contributed by atoms with Crippen molar-refractivity contribution in [2.24, 2.45) is 17.8 Å². The van der Waals surface area contributed by atoms with Crippen LogP contribution in [-0.4, -0.2) is 77.6 Å². The Morgan fingerprint density at radius 3 is 2.19 bits per heavy atom. The molecule has 1 aliphatic carbocycles. The predicted octanol–water partition coefficient (Wildman–Crippen LogP) is 1.66. The fraction of sp³-hybridized carbons (Fsp3) is 0.692. The summed E-state index contributed by atoms with van der Waals surface area (Å²) >= 11 is 0. The molecule has 0 radical (unpaired) electrons. The summed E-state index contributed by atoms with van der Waals surface area (Å²) in [4.78, 5) is 51.4. The zero-order chi connectivity index (χ0) is 27.4. The van der Waals surface area contributed by atoms with E-state index in [4.69, 9.17) is 18.9 Å². The van der Waals surface area contributed by atoms with E-state index in [1.54, 1.807) is 33.8 Å². The molecule has 10 heteroatoms. The summed E-state index contributed by atoms with van der Waals surface area (Å²) in [6.45, 7) is 9.13. The Morgan fingerprint density at radius 1 is 1.11 bits per heavy atom. The van der Waals surface area contributed by atoms with Crippen molar-refractivity contribution in [3.63, 3.8) is 0 Å². The first-order valence-electron chi connectivity index (χ1n) is 12.1. The highest BCUT2D eigenvalue weighted by molar-refractivity contribution is 5.91. The van der Waals surface area contributed by atoms with Crippen LogP contribution in [0.5, 0.6) is 0 Å². The molecule has 0 spiro atoms. The Hall–Kier alpha value is -2.56. The minimum Gasteiger partial charge on any atom is -0.458 e. The highest BCUT2D eigenvalue weighted by atomic mass is 16.6. The number of hydrogen-bond acceptors (Lipinski definition) is 10. The molecule has 0 aromatic rings. The zero-order valence-corrected chi connectivity index (χ0v) is 22.0. The largest absolute Gasteiger partial charge is 0.458 e. The van der Waals surface area contributed by atoms with E-state index in [1.165, 1.54) is 27.0 Å². The van der Waals surface area contributed by atoms with Gasteiger partial charge >= 0.3 is 17.9 Å². The van der Waals surface area contributed by atoms with Crippen molar-refractivity contribution in [3.8, 4) is 0 Å². The second kappa shape index (κ2) is 12.1. The van der Waals surface area contributed by atoms with Crippen LogP contribution >= 0.6 is 0 Å². The second-order valence-corrected chi connectivity index (χ2v) is 9.76. The molecule has 1 saturated heterocycles. The van der Waals surface area contributed by atoms with Crippen molar-refractivity contribution in [2.75, 3.05) is 13.7 Å². The zero-order valence-electron chi connectivity index (χ0n) is 22.0. The van der Waals surface area contributed by atoms with Gasteiger partial charge in [0.1, 0.15) is 12.2 Å². The molecule has 2 rings (SSSR count). The number of methoxy groups -OCH3 is 1. The van der Waals surface area contributed by atoms with Crippen molar-refractivity contribution in [2.45, 2.75) is 84.4 Å². The van der Waals surface area contributed by atoms with Gasteiger partial charge in [-0.3, -0.25) is 9.59 Å². The summed E-state index contributed by atoms with van der Waals surface area (Å²) in [5.41, 5.74) is -1.69. The molecule has 10 nitrogen and oxygen atoms in total. The summed E-state index contributed by atoms with van der Waals surface area (Å²) in [6, 6.07) is 0. The summed E-state index contributed by atoms with van der Waals surface area (Å²) in [5, 5.41) is 22.9. The number of fused-ring (bicyclic) bond motifs is 1. The Bertz CT molecular complexity index is 918. The maximum atomic E-state index is 13.2. The lowest BCUT2D eigenvalue weighted by Gasteiger charge is -2.41. The lowest BCUT2D eigenvalue weighted by atomic mass is 9.73. The quantitative estimate of drug-likeness (QED) is 0.307. The molecular weight excluding hydrogens is 472 g/mol. The molecule has 0 bridgehead atoms.